The van der Waals surface area contributed by atoms with Crippen molar-refractivity contribution < 1.29 is 9.53 Å². The summed E-state index contributed by atoms with van der Waals surface area (Å²) >= 11 is 0. The molecule has 0 aromatic rings. The lowest BCUT2D eigenvalue weighted by Gasteiger charge is -2.46. The minimum Gasteiger partial charge on any atom is -0.383 e. The van der Waals surface area contributed by atoms with Gasteiger partial charge in [-0.05, 0) is 38.5 Å². The number of carbonyl (C=O) groups is 1. The fourth-order valence-electron chi connectivity index (χ4n) is 3.73. The van der Waals surface area contributed by atoms with Gasteiger partial charge in [-0.3, -0.25) is 9.80 Å². The van der Waals surface area contributed by atoms with Gasteiger partial charge in [0.2, 0.25) is 5.91 Å². The van der Waals surface area contributed by atoms with Gasteiger partial charge in [-0.1, -0.05) is 13.0 Å². The van der Waals surface area contributed by atoms with E-state index < -0.39 is 0 Å². The molecule has 4 heteroatoms. The summed E-state index contributed by atoms with van der Waals surface area (Å²) in [5, 5.41) is 4.28. The van der Waals surface area contributed by atoms with Crippen LogP contribution in [-0.4, -0.2) is 48.8 Å². The molecule has 0 aliphatic carbocycles. The Morgan fingerprint density at radius 1 is 1.45 bits per heavy atom. The van der Waals surface area contributed by atoms with Crippen molar-refractivity contribution in [3.05, 3.63) is 12.7 Å². The lowest BCUT2D eigenvalue weighted by Crippen LogP contribution is -2.57. The first-order chi connectivity index (χ1) is 9.68. The van der Waals surface area contributed by atoms with E-state index in [1.807, 2.05) is 11.1 Å². The average Bonchev–Trinajstić information content (AvgIpc) is 2.90. The third-order valence-electron chi connectivity index (χ3n) is 4.94. The van der Waals surface area contributed by atoms with Crippen LogP contribution in [0.25, 0.3) is 0 Å². The molecule has 4 nitrogen and oxygen atoms in total. The highest BCUT2D eigenvalue weighted by molar-refractivity contribution is 5.83. The van der Waals surface area contributed by atoms with Gasteiger partial charge in [0.05, 0.1) is 18.1 Å². The van der Waals surface area contributed by atoms with E-state index >= 15 is 0 Å². The monoisotopic (exact) mass is 280 g/mol. The third kappa shape index (κ3) is 2.77. The number of piperidine rings is 1. The molecule has 20 heavy (non-hydrogen) atoms. The summed E-state index contributed by atoms with van der Waals surface area (Å²) in [7, 11) is 1.74. The zero-order valence-electron chi connectivity index (χ0n) is 12.9. The van der Waals surface area contributed by atoms with Gasteiger partial charge in [0.15, 0.2) is 0 Å². The molecule has 0 bridgehead atoms. The van der Waals surface area contributed by atoms with E-state index in [0.29, 0.717) is 18.6 Å². The Morgan fingerprint density at radius 3 is 2.90 bits per heavy atom. The first kappa shape index (κ1) is 15.5. The molecule has 0 N–H and O–H groups in total. The molecule has 0 unspecified atom stereocenters. The van der Waals surface area contributed by atoms with Crippen molar-refractivity contribution in [1.29, 1.82) is 0 Å². The topological polar surface area (TPSA) is 32.8 Å². The maximum absolute atomic E-state index is 13.0. The molecule has 2 heterocycles. The van der Waals surface area contributed by atoms with Crippen molar-refractivity contribution in [1.82, 2.24) is 10.0 Å². The maximum Gasteiger partial charge on any atom is 0.243 e. The van der Waals surface area contributed by atoms with Crippen molar-refractivity contribution in [2.75, 3.05) is 26.8 Å². The van der Waals surface area contributed by atoms with E-state index in [0.717, 1.165) is 51.6 Å². The quantitative estimate of drug-likeness (QED) is 0.701. The molecule has 2 aliphatic heterocycles. The second-order valence-corrected chi connectivity index (χ2v) is 6.07. The molecule has 0 saturated carbocycles. The smallest absolute Gasteiger partial charge is 0.243 e. The Hall–Kier alpha value is -0.870. The van der Waals surface area contributed by atoms with Crippen LogP contribution in [0.2, 0.25) is 0 Å². The fraction of sp³-hybridized carbons (Fsp3) is 0.812. The second kappa shape index (κ2) is 6.72. The van der Waals surface area contributed by atoms with Crippen molar-refractivity contribution in [3.8, 4) is 0 Å². The number of amides is 1. The lowest BCUT2D eigenvalue weighted by atomic mass is 9.74. The zero-order chi connectivity index (χ0) is 14.6. The van der Waals surface area contributed by atoms with Crippen LogP contribution < -0.4 is 0 Å². The molecule has 2 saturated heterocycles. The normalized spacial score (nSPS) is 31.8. The van der Waals surface area contributed by atoms with Gasteiger partial charge >= 0.3 is 0 Å². The summed E-state index contributed by atoms with van der Waals surface area (Å²) in [4.78, 5) is 13.0. The Morgan fingerprint density at radius 2 is 2.25 bits per heavy atom. The van der Waals surface area contributed by atoms with E-state index in [9.17, 15) is 4.79 Å². The van der Waals surface area contributed by atoms with Crippen LogP contribution in [0, 0.1) is 5.41 Å². The summed E-state index contributed by atoms with van der Waals surface area (Å²) in [5.74, 6) is 0.300. The number of allylic oxidation sites excluding steroid dienone is 1. The number of hydrogen-bond donors (Lipinski definition) is 0. The van der Waals surface area contributed by atoms with E-state index in [4.69, 9.17) is 4.74 Å². The van der Waals surface area contributed by atoms with Crippen LogP contribution in [0.15, 0.2) is 12.7 Å². The molecule has 2 rings (SSSR count). The number of ether oxygens (including phenoxy) is 1. The number of hydrazine groups is 1. The lowest BCUT2D eigenvalue weighted by molar-refractivity contribution is -0.171. The molecule has 0 aromatic carbocycles. The standard InChI is InChI=1S/C16H28N2O2/c1-4-9-16(5-2)10-7-12-18(15(16)19)17-11-6-8-14(17)13-20-3/h4,14H,1,5-13H2,2-3H3/t14-,16-/m0/s1. The molecule has 2 fully saturated rings. The number of nitrogens with zero attached hydrogens (tertiary/aromatic N) is 2. The van der Waals surface area contributed by atoms with Crippen molar-refractivity contribution in [2.24, 2.45) is 5.41 Å². The Labute approximate surface area is 122 Å². The highest BCUT2D eigenvalue weighted by Gasteiger charge is 2.45. The zero-order valence-corrected chi connectivity index (χ0v) is 12.9. The number of rotatable bonds is 6. The average molecular weight is 280 g/mol. The molecule has 0 radical (unpaired) electrons. The van der Waals surface area contributed by atoms with Gasteiger partial charge in [-0.25, -0.2) is 5.01 Å². The number of methoxy groups -OCH3 is 1. The van der Waals surface area contributed by atoms with E-state index in [2.05, 4.69) is 18.5 Å². The van der Waals surface area contributed by atoms with E-state index in [1.54, 1.807) is 7.11 Å². The van der Waals surface area contributed by atoms with Crippen LogP contribution in [0.1, 0.15) is 45.4 Å². The first-order valence-corrected chi connectivity index (χ1v) is 7.87. The van der Waals surface area contributed by atoms with Crippen LogP contribution >= 0.6 is 0 Å². The van der Waals surface area contributed by atoms with Gasteiger partial charge in [-0.2, -0.15) is 0 Å². The molecule has 114 valence electrons. The molecule has 2 atom stereocenters. The summed E-state index contributed by atoms with van der Waals surface area (Å²) in [6.07, 6.45) is 7.95. The fourth-order valence-corrected chi connectivity index (χ4v) is 3.73. The van der Waals surface area contributed by atoms with Crippen LogP contribution in [0.5, 0.6) is 0 Å². The summed E-state index contributed by atoms with van der Waals surface area (Å²) in [5.41, 5.74) is -0.222. The highest BCUT2D eigenvalue weighted by Crippen LogP contribution is 2.39. The van der Waals surface area contributed by atoms with Gasteiger partial charge < -0.3 is 4.74 Å². The molecule has 2 aliphatic rings. The van der Waals surface area contributed by atoms with Crippen LogP contribution in [0.4, 0.5) is 0 Å². The summed E-state index contributed by atoms with van der Waals surface area (Å²) < 4.78 is 5.31. The second-order valence-electron chi connectivity index (χ2n) is 6.07. The number of hydrogen-bond acceptors (Lipinski definition) is 3. The van der Waals surface area contributed by atoms with Gasteiger partial charge in [0.1, 0.15) is 0 Å². The van der Waals surface area contributed by atoms with E-state index in [1.165, 1.54) is 0 Å². The van der Waals surface area contributed by atoms with Crippen LogP contribution in [0.3, 0.4) is 0 Å². The minimum atomic E-state index is -0.222. The summed E-state index contributed by atoms with van der Waals surface area (Å²) in [6.45, 7) is 8.52. The highest BCUT2D eigenvalue weighted by atomic mass is 16.5. The maximum atomic E-state index is 13.0. The molecule has 0 aromatic heterocycles. The Balaban J connectivity index is 2.15. The molecular weight excluding hydrogens is 252 g/mol. The largest absolute Gasteiger partial charge is 0.383 e. The van der Waals surface area contributed by atoms with Crippen molar-refractivity contribution >= 4 is 5.91 Å². The molecule has 0 spiro atoms. The predicted molar refractivity (Wildman–Crippen MR) is 80.1 cm³/mol. The van der Waals surface area contributed by atoms with Crippen molar-refractivity contribution in [2.45, 2.75) is 51.5 Å². The van der Waals surface area contributed by atoms with Gasteiger partial charge in [0.25, 0.3) is 0 Å². The first-order valence-electron chi connectivity index (χ1n) is 7.87. The molecular formula is C16H28N2O2. The third-order valence-corrected chi connectivity index (χ3v) is 4.94. The summed E-state index contributed by atoms with van der Waals surface area (Å²) in [6, 6.07) is 0.361. The van der Waals surface area contributed by atoms with E-state index in [-0.39, 0.29) is 5.41 Å². The Bertz CT molecular complexity index is 358. The van der Waals surface area contributed by atoms with Crippen molar-refractivity contribution in [3.63, 3.8) is 0 Å². The van der Waals surface area contributed by atoms with Gasteiger partial charge in [0, 0.05) is 20.2 Å². The minimum absolute atomic E-state index is 0.222. The molecule has 1 amide bonds. The SMILES string of the molecule is C=CC[C@@]1(CC)CCCN(N2CCC[C@H]2COC)C1=O. The Kier molecular flexibility index (Phi) is 5.22. The van der Waals surface area contributed by atoms with Crippen LogP contribution in [-0.2, 0) is 9.53 Å². The number of carbonyl (C=O) groups excluding carboxylic acids is 1. The predicted octanol–water partition coefficient (Wildman–Crippen LogP) is 2.61. The van der Waals surface area contributed by atoms with Gasteiger partial charge in [-0.15, -0.1) is 6.58 Å².